The molecule has 0 amide bonds. The monoisotopic (exact) mass is 618 g/mol. The minimum Gasteiger partial charge on any atom is -0.300 e. The van der Waals surface area contributed by atoms with Gasteiger partial charge in [0.25, 0.3) is 0 Å². The molecule has 0 unspecified atom stereocenters. The second-order valence-corrected chi connectivity index (χ2v) is 7.98. The van der Waals surface area contributed by atoms with E-state index in [1.165, 1.54) is 0 Å². The summed E-state index contributed by atoms with van der Waals surface area (Å²) in [6.07, 6.45) is 0.544. The first kappa shape index (κ1) is 24.4. The van der Waals surface area contributed by atoms with E-state index in [1.807, 2.05) is 38.1 Å². The molecule has 4 rings (SSSR count). The van der Waals surface area contributed by atoms with Crippen molar-refractivity contribution in [2.75, 3.05) is 0 Å². The fraction of sp³-hybridized carbons (Fsp3) is 0.148. The molecule has 2 heterocycles. The normalized spacial score (nSPS) is 10.9. The molecule has 0 saturated carbocycles. The van der Waals surface area contributed by atoms with Crippen LogP contribution in [0.3, 0.4) is 0 Å². The molecule has 0 aliphatic heterocycles. The van der Waals surface area contributed by atoms with Crippen LogP contribution in [0.2, 0.25) is 0 Å². The Bertz CT molecular complexity index is 1330. The number of benzene rings is 2. The molecule has 2 aromatic carbocycles. The Morgan fingerprint density at radius 1 is 0.970 bits per heavy atom. The summed E-state index contributed by atoms with van der Waals surface area (Å²) in [6, 6.07) is 26.2. The van der Waals surface area contributed by atoms with Crippen molar-refractivity contribution in [2.45, 2.75) is 25.7 Å². The van der Waals surface area contributed by atoms with E-state index in [0.29, 0.717) is 23.4 Å². The smallest absolute Gasteiger partial charge is 0.300 e. The molecular formula is C27H19F2N3Pt. The molecule has 0 spiro atoms. The number of halogens is 2. The van der Waals surface area contributed by atoms with Gasteiger partial charge >= 0.3 is 21.1 Å². The van der Waals surface area contributed by atoms with Crippen LogP contribution in [0.4, 0.5) is 8.78 Å². The molecule has 166 valence electrons. The topological polar surface area (TPSA) is 49.6 Å². The molecule has 33 heavy (non-hydrogen) atoms. The number of rotatable bonds is 5. The van der Waals surface area contributed by atoms with Gasteiger partial charge in [-0.05, 0) is 44.2 Å². The molecule has 4 aromatic rings. The number of hydrogen-bond acceptors (Lipinski definition) is 3. The van der Waals surface area contributed by atoms with Gasteiger partial charge < -0.3 is 4.98 Å². The molecule has 2 aromatic heterocycles. The Balaban J connectivity index is 0.00000306. The summed E-state index contributed by atoms with van der Waals surface area (Å²) in [5.41, 5.74) is 3.76. The van der Waals surface area contributed by atoms with Crippen LogP contribution in [0.25, 0.3) is 11.3 Å². The third-order valence-electron chi connectivity index (χ3n) is 5.31. The van der Waals surface area contributed by atoms with Gasteiger partial charge in [-0.1, -0.05) is 35.4 Å². The molecule has 0 fully saturated rings. The van der Waals surface area contributed by atoms with E-state index in [0.717, 1.165) is 29.1 Å². The molecule has 0 saturated heterocycles. The molecule has 0 aliphatic carbocycles. The minimum atomic E-state index is -0.705. The maximum atomic E-state index is 14.3. The van der Waals surface area contributed by atoms with E-state index in [1.54, 1.807) is 30.3 Å². The molecule has 0 radical (unpaired) electrons. The van der Waals surface area contributed by atoms with Gasteiger partial charge in [-0.3, -0.25) is 13.8 Å². The van der Waals surface area contributed by atoms with E-state index in [2.05, 4.69) is 23.2 Å². The first-order valence-corrected chi connectivity index (χ1v) is 10.1. The molecule has 0 atom stereocenters. The largest absolute Gasteiger partial charge is 2.00 e. The quantitative estimate of drug-likeness (QED) is 0.266. The first-order valence-electron chi connectivity index (χ1n) is 10.1. The van der Waals surface area contributed by atoms with Crippen molar-refractivity contribution in [3.8, 4) is 17.3 Å². The van der Waals surface area contributed by atoms with Gasteiger partial charge in [-0.2, -0.15) is 29.0 Å². The van der Waals surface area contributed by atoms with Crippen LogP contribution in [-0.2, 0) is 32.9 Å². The van der Waals surface area contributed by atoms with Gasteiger partial charge in [0.15, 0.2) is 0 Å². The molecule has 6 heteroatoms. The van der Waals surface area contributed by atoms with Gasteiger partial charge in [0.2, 0.25) is 0 Å². The zero-order chi connectivity index (χ0) is 22.7. The van der Waals surface area contributed by atoms with Crippen LogP contribution < -0.4 is 0 Å². The van der Waals surface area contributed by atoms with Crippen molar-refractivity contribution in [3.63, 3.8) is 0 Å². The Kier molecular flexibility index (Phi) is 7.51. The predicted molar refractivity (Wildman–Crippen MR) is 118 cm³/mol. The summed E-state index contributed by atoms with van der Waals surface area (Å²) in [5, 5.41) is 9.11. The van der Waals surface area contributed by atoms with E-state index >= 15 is 0 Å². The van der Waals surface area contributed by atoms with Gasteiger partial charge in [-0.25, -0.2) is 0 Å². The van der Waals surface area contributed by atoms with Crippen molar-refractivity contribution < 1.29 is 29.8 Å². The Morgan fingerprint density at radius 3 is 2.42 bits per heavy atom. The summed E-state index contributed by atoms with van der Waals surface area (Å²) in [5.74, 6) is -1.38. The van der Waals surface area contributed by atoms with Crippen molar-refractivity contribution >= 4 is 0 Å². The number of hydrogen-bond donors (Lipinski definition) is 0. The maximum absolute atomic E-state index is 14.3. The Labute approximate surface area is 206 Å². The standard InChI is InChI=1S/C27H19F2N3.Pt/c1-27(2,26-11-5-9-24(32-26)22-13-12-20(28)16-23(22)29)25-10-4-8-21(31-25)15-18-6-3-7-19(14-18)17-30;/h3-5,7-12,14,16H,15H2,1-2H3;/q-2;+2. The zero-order valence-corrected chi connectivity index (χ0v) is 20.2. The minimum absolute atomic E-state index is 0. The van der Waals surface area contributed by atoms with Crippen LogP contribution >= 0.6 is 0 Å². The average Bonchev–Trinajstić information content (AvgIpc) is 2.79. The Morgan fingerprint density at radius 2 is 1.70 bits per heavy atom. The zero-order valence-electron chi connectivity index (χ0n) is 18.0. The maximum Gasteiger partial charge on any atom is 2.00 e. The van der Waals surface area contributed by atoms with Gasteiger partial charge in [-0.15, -0.1) is 18.2 Å². The van der Waals surface area contributed by atoms with Crippen LogP contribution in [0.1, 0.15) is 42.1 Å². The van der Waals surface area contributed by atoms with Crippen molar-refractivity contribution in [1.82, 2.24) is 9.97 Å². The number of nitriles is 1. The van der Waals surface area contributed by atoms with Gasteiger partial charge in [0, 0.05) is 28.4 Å². The molecule has 0 bridgehead atoms. The molecule has 0 N–H and O–H groups in total. The van der Waals surface area contributed by atoms with E-state index in [4.69, 9.17) is 10.2 Å². The van der Waals surface area contributed by atoms with Crippen molar-refractivity contribution in [2.24, 2.45) is 0 Å². The fourth-order valence-electron chi connectivity index (χ4n) is 3.50. The second kappa shape index (κ2) is 10.1. The van der Waals surface area contributed by atoms with Crippen LogP contribution in [0.5, 0.6) is 0 Å². The number of pyridine rings is 2. The van der Waals surface area contributed by atoms with Crippen LogP contribution in [-0.4, -0.2) is 9.97 Å². The Hall–Kier alpha value is -3.22. The third-order valence-corrected chi connectivity index (χ3v) is 5.31. The van der Waals surface area contributed by atoms with Gasteiger partial charge in [0.1, 0.15) is 0 Å². The summed E-state index contributed by atoms with van der Waals surface area (Å²) < 4.78 is 27.5. The molecule has 3 nitrogen and oxygen atoms in total. The summed E-state index contributed by atoms with van der Waals surface area (Å²) in [4.78, 5) is 9.47. The molecule has 0 aliphatic rings. The van der Waals surface area contributed by atoms with E-state index in [9.17, 15) is 8.78 Å². The molecular weight excluding hydrogens is 599 g/mol. The average molecular weight is 619 g/mol. The van der Waals surface area contributed by atoms with E-state index < -0.39 is 17.0 Å². The first-order chi connectivity index (χ1) is 15.4. The SMILES string of the molecule is CC(C)(c1cccc(Cc2[c-]ccc(C#N)c2)n1)c1cccc(-c2[c-]cc(F)cc2F)n1.[Pt+2]. The summed E-state index contributed by atoms with van der Waals surface area (Å²) >= 11 is 0. The number of aromatic nitrogens is 2. The van der Waals surface area contributed by atoms with Gasteiger partial charge in [0.05, 0.1) is 11.8 Å². The fourth-order valence-corrected chi connectivity index (χ4v) is 3.50. The van der Waals surface area contributed by atoms with Crippen molar-refractivity contribution in [3.05, 3.63) is 119 Å². The van der Waals surface area contributed by atoms with E-state index in [-0.39, 0.29) is 26.6 Å². The summed E-state index contributed by atoms with van der Waals surface area (Å²) in [7, 11) is 0. The van der Waals surface area contributed by atoms with Crippen LogP contribution in [0.15, 0.2) is 66.7 Å². The summed E-state index contributed by atoms with van der Waals surface area (Å²) in [6.45, 7) is 4.00. The third kappa shape index (κ3) is 5.41. The van der Waals surface area contributed by atoms with Crippen molar-refractivity contribution in [1.29, 1.82) is 5.26 Å². The predicted octanol–water partition coefficient (Wildman–Crippen LogP) is 5.81. The second-order valence-electron chi connectivity index (χ2n) is 7.98. The number of nitrogens with zero attached hydrogens (tertiary/aromatic N) is 3. The van der Waals surface area contributed by atoms with Crippen LogP contribution in [0, 0.1) is 35.1 Å².